The summed E-state index contributed by atoms with van der Waals surface area (Å²) in [5.74, 6) is -0.215. The molecular formula is C21H19F3N2O4S. The van der Waals surface area contributed by atoms with E-state index >= 15 is 0 Å². The van der Waals surface area contributed by atoms with E-state index < -0.39 is 21.5 Å². The number of aryl methyl sites for hydroxylation is 3. The van der Waals surface area contributed by atoms with Gasteiger partial charge in [0.2, 0.25) is 0 Å². The molecule has 6 nitrogen and oxygen atoms in total. The number of hydrogen-bond donors (Lipinski definition) is 0. The standard InChI is InChI=1S/C21H19F3N2O4S/c1-14-20(30-31(27,28)21(22,23)24)26-17(13-12-15-8-4-3-5-9-15)19(25-14)16-10-6-7-11-18(16)29-2/h3-11H,12-13H2,1-2H3. The van der Waals surface area contributed by atoms with Gasteiger partial charge in [-0.15, -0.1) is 0 Å². The van der Waals surface area contributed by atoms with Crippen LogP contribution in [-0.2, 0) is 23.0 Å². The SMILES string of the molecule is COc1ccccc1-c1nc(C)c(OS(=O)(=O)C(F)(F)F)nc1CCc1ccccc1. The van der Waals surface area contributed by atoms with Gasteiger partial charge < -0.3 is 8.92 Å². The fraction of sp³-hybridized carbons (Fsp3) is 0.238. The Bertz CT molecular complexity index is 1170. The van der Waals surface area contributed by atoms with E-state index in [9.17, 15) is 21.6 Å². The lowest BCUT2D eigenvalue weighted by Crippen LogP contribution is -2.29. The summed E-state index contributed by atoms with van der Waals surface area (Å²) in [5, 5.41) is 0. The summed E-state index contributed by atoms with van der Waals surface area (Å²) in [7, 11) is -4.39. The van der Waals surface area contributed by atoms with Gasteiger partial charge in [0, 0.05) is 5.56 Å². The summed E-state index contributed by atoms with van der Waals surface area (Å²) < 4.78 is 71.0. The quantitative estimate of drug-likeness (QED) is 0.389. The van der Waals surface area contributed by atoms with Crippen molar-refractivity contribution in [1.29, 1.82) is 0 Å². The summed E-state index contributed by atoms with van der Waals surface area (Å²) in [6.07, 6.45) is 0.791. The molecule has 0 saturated heterocycles. The third-order valence-electron chi connectivity index (χ3n) is 4.43. The highest BCUT2D eigenvalue weighted by molar-refractivity contribution is 7.87. The van der Waals surface area contributed by atoms with Gasteiger partial charge in [-0.1, -0.05) is 42.5 Å². The van der Waals surface area contributed by atoms with Crippen LogP contribution in [0.25, 0.3) is 11.3 Å². The van der Waals surface area contributed by atoms with Crippen molar-refractivity contribution in [2.45, 2.75) is 25.3 Å². The van der Waals surface area contributed by atoms with Gasteiger partial charge in [-0.05, 0) is 37.5 Å². The molecule has 31 heavy (non-hydrogen) atoms. The zero-order valence-corrected chi connectivity index (χ0v) is 17.5. The summed E-state index contributed by atoms with van der Waals surface area (Å²) in [6, 6.07) is 16.4. The number of aromatic nitrogens is 2. The summed E-state index contributed by atoms with van der Waals surface area (Å²) in [5.41, 5.74) is -3.46. The van der Waals surface area contributed by atoms with Gasteiger partial charge >= 0.3 is 15.6 Å². The molecule has 0 unspecified atom stereocenters. The Morgan fingerprint density at radius 2 is 1.58 bits per heavy atom. The zero-order valence-electron chi connectivity index (χ0n) is 16.7. The number of para-hydroxylation sites is 1. The van der Waals surface area contributed by atoms with Crippen molar-refractivity contribution in [3.63, 3.8) is 0 Å². The van der Waals surface area contributed by atoms with Crippen LogP contribution in [0.2, 0.25) is 0 Å². The van der Waals surface area contributed by atoms with Crippen LogP contribution in [0.3, 0.4) is 0 Å². The molecular weight excluding hydrogens is 433 g/mol. The third kappa shape index (κ3) is 5.13. The normalized spacial score (nSPS) is 11.9. The second-order valence-electron chi connectivity index (χ2n) is 6.58. The van der Waals surface area contributed by atoms with Crippen LogP contribution >= 0.6 is 0 Å². The van der Waals surface area contributed by atoms with E-state index in [2.05, 4.69) is 14.2 Å². The number of ether oxygens (including phenoxy) is 1. The van der Waals surface area contributed by atoms with Crippen LogP contribution in [0, 0.1) is 6.92 Å². The number of methoxy groups -OCH3 is 1. The predicted molar refractivity (Wildman–Crippen MR) is 108 cm³/mol. The zero-order chi connectivity index (χ0) is 22.6. The first-order valence-corrected chi connectivity index (χ1v) is 10.6. The predicted octanol–water partition coefficient (Wildman–Crippen LogP) is 4.47. The fourth-order valence-corrected chi connectivity index (χ4v) is 3.36. The van der Waals surface area contributed by atoms with Crippen LogP contribution in [0.15, 0.2) is 54.6 Å². The molecule has 0 aliphatic heterocycles. The monoisotopic (exact) mass is 452 g/mol. The maximum Gasteiger partial charge on any atom is 0.534 e. The minimum atomic E-state index is -5.87. The highest BCUT2D eigenvalue weighted by Crippen LogP contribution is 2.34. The number of hydrogen-bond acceptors (Lipinski definition) is 6. The van der Waals surface area contributed by atoms with Gasteiger partial charge in [0.15, 0.2) is 0 Å². The number of nitrogens with zero attached hydrogens (tertiary/aromatic N) is 2. The molecule has 0 saturated carbocycles. The van der Waals surface area contributed by atoms with Crippen LogP contribution in [0.4, 0.5) is 13.2 Å². The van der Waals surface area contributed by atoms with Crippen LogP contribution in [0.5, 0.6) is 11.6 Å². The minimum absolute atomic E-state index is 0.0998. The number of benzene rings is 2. The molecule has 0 amide bonds. The Morgan fingerprint density at radius 3 is 2.23 bits per heavy atom. The molecule has 0 aliphatic rings. The third-order valence-corrected chi connectivity index (χ3v) is 5.37. The largest absolute Gasteiger partial charge is 0.534 e. The van der Waals surface area contributed by atoms with Gasteiger partial charge in [-0.25, -0.2) is 9.97 Å². The molecule has 164 valence electrons. The second kappa shape index (κ2) is 8.93. The Labute approximate surface area is 177 Å². The van der Waals surface area contributed by atoms with Crippen molar-refractivity contribution < 1.29 is 30.5 Å². The summed E-state index contributed by atoms with van der Waals surface area (Å²) in [6.45, 7) is 1.33. The average molecular weight is 452 g/mol. The molecule has 3 aromatic rings. The Kier molecular flexibility index (Phi) is 6.49. The van der Waals surface area contributed by atoms with E-state index in [4.69, 9.17) is 4.74 Å². The van der Waals surface area contributed by atoms with Gasteiger partial charge in [0.1, 0.15) is 11.4 Å². The van der Waals surface area contributed by atoms with Gasteiger partial charge in [0.05, 0.1) is 18.5 Å². The Morgan fingerprint density at radius 1 is 0.935 bits per heavy atom. The Balaban J connectivity index is 2.08. The molecule has 0 aliphatic carbocycles. The first-order chi connectivity index (χ1) is 14.6. The Hall–Kier alpha value is -3.14. The van der Waals surface area contributed by atoms with Crippen LogP contribution in [0.1, 0.15) is 17.0 Å². The van der Waals surface area contributed by atoms with Crippen molar-refractivity contribution >= 4 is 10.1 Å². The van der Waals surface area contributed by atoms with E-state index in [-0.39, 0.29) is 17.8 Å². The molecule has 1 heterocycles. The lowest BCUT2D eigenvalue weighted by atomic mass is 10.0. The molecule has 0 fully saturated rings. The van der Waals surface area contributed by atoms with E-state index in [1.807, 2.05) is 30.3 Å². The first-order valence-electron chi connectivity index (χ1n) is 9.18. The van der Waals surface area contributed by atoms with Gasteiger partial charge in [-0.3, -0.25) is 0 Å². The second-order valence-corrected chi connectivity index (χ2v) is 8.12. The van der Waals surface area contributed by atoms with E-state index in [1.54, 1.807) is 24.3 Å². The smallest absolute Gasteiger partial charge is 0.496 e. The number of rotatable bonds is 7. The molecule has 0 atom stereocenters. The molecule has 0 radical (unpaired) electrons. The molecule has 0 spiro atoms. The molecule has 10 heteroatoms. The lowest BCUT2D eigenvalue weighted by Gasteiger charge is -2.16. The van der Waals surface area contributed by atoms with Crippen LogP contribution in [-0.4, -0.2) is 31.0 Å². The molecule has 3 rings (SSSR count). The number of halogens is 3. The van der Waals surface area contributed by atoms with Crippen molar-refractivity contribution in [2.75, 3.05) is 7.11 Å². The van der Waals surface area contributed by atoms with Gasteiger partial charge in [-0.2, -0.15) is 21.6 Å². The highest BCUT2D eigenvalue weighted by Gasteiger charge is 2.49. The van der Waals surface area contributed by atoms with Crippen molar-refractivity contribution in [1.82, 2.24) is 9.97 Å². The first kappa shape index (κ1) is 22.5. The minimum Gasteiger partial charge on any atom is -0.496 e. The highest BCUT2D eigenvalue weighted by atomic mass is 32.2. The topological polar surface area (TPSA) is 78.4 Å². The molecule has 2 aromatic carbocycles. The van der Waals surface area contributed by atoms with E-state index in [0.717, 1.165) is 5.56 Å². The molecule has 1 aromatic heterocycles. The maximum absolute atomic E-state index is 12.8. The molecule has 0 N–H and O–H groups in total. The summed E-state index contributed by atoms with van der Waals surface area (Å²) >= 11 is 0. The van der Waals surface area contributed by atoms with Crippen LogP contribution < -0.4 is 8.92 Å². The van der Waals surface area contributed by atoms with Crippen molar-refractivity contribution in [2.24, 2.45) is 0 Å². The average Bonchev–Trinajstić information content (AvgIpc) is 2.73. The fourth-order valence-electron chi connectivity index (χ4n) is 2.90. The number of alkyl halides is 3. The lowest BCUT2D eigenvalue weighted by molar-refractivity contribution is -0.0501. The van der Waals surface area contributed by atoms with E-state index in [0.29, 0.717) is 23.4 Å². The van der Waals surface area contributed by atoms with Gasteiger partial charge in [0.25, 0.3) is 5.88 Å². The van der Waals surface area contributed by atoms with Crippen molar-refractivity contribution in [3.05, 3.63) is 71.5 Å². The molecule has 0 bridgehead atoms. The van der Waals surface area contributed by atoms with E-state index in [1.165, 1.54) is 14.0 Å². The van der Waals surface area contributed by atoms with Crippen molar-refractivity contribution in [3.8, 4) is 22.9 Å². The maximum atomic E-state index is 12.8. The summed E-state index contributed by atoms with van der Waals surface area (Å²) in [4.78, 5) is 8.45.